The summed E-state index contributed by atoms with van der Waals surface area (Å²) in [6, 6.07) is 12.1. The van der Waals surface area contributed by atoms with E-state index in [2.05, 4.69) is 17.3 Å². The number of fused-ring (bicyclic) bond motifs is 1. The molecule has 2 aromatic rings. The predicted molar refractivity (Wildman–Crippen MR) is 78.8 cm³/mol. The molecule has 1 unspecified atom stereocenters. The monoisotopic (exact) mass is 267 g/mol. The molecule has 0 saturated heterocycles. The number of hydrogen-bond acceptors (Lipinski definition) is 3. The smallest absolute Gasteiger partial charge is 0.127 e. The van der Waals surface area contributed by atoms with Gasteiger partial charge in [-0.05, 0) is 36.1 Å². The summed E-state index contributed by atoms with van der Waals surface area (Å²) in [4.78, 5) is 0. The van der Waals surface area contributed by atoms with E-state index in [0.29, 0.717) is 17.7 Å². The Morgan fingerprint density at radius 2 is 1.80 bits per heavy atom. The Bertz CT molecular complexity index is 690. The van der Waals surface area contributed by atoms with Crippen molar-refractivity contribution in [3.63, 3.8) is 0 Å². The van der Waals surface area contributed by atoms with Crippen LogP contribution >= 0.6 is 0 Å². The third-order valence-electron chi connectivity index (χ3n) is 4.09. The van der Waals surface area contributed by atoms with Crippen LogP contribution in [-0.4, -0.2) is 16.0 Å². The maximum absolute atomic E-state index is 10.3. The Balaban J connectivity index is 2.26. The summed E-state index contributed by atoms with van der Waals surface area (Å²) in [6.45, 7) is 3.91. The predicted octanol–water partition coefficient (Wildman–Crippen LogP) is 3.72. The van der Waals surface area contributed by atoms with Gasteiger partial charge in [0.2, 0.25) is 0 Å². The Hall–Kier alpha value is -2.29. The van der Waals surface area contributed by atoms with Gasteiger partial charge in [0.05, 0.1) is 5.71 Å². The number of aryl methyl sites for hydroxylation is 2. The molecule has 0 saturated carbocycles. The van der Waals surface area contributed by atoms with Crippen LogP contribution in [0.3, 0.4) is 0 Å². The van der Waals surface area contributed by atoms with Gasteiger partial charge in [-0.2, -0.15) is 0 Å². The molecule has 0 fully saturated rings. The highest BCUT2D eigenvalue weighted by atomic mass is 16.4. The van der Waals surface area contributed by atoms with Crippen LogP contribution in [0.4, 0.5) is 0 Å². The van der Waals surface area contributed by atoms with Gasteiger partial charge in [-0.25, -0.2) is 0 Å². The molecule has 1 aliphatic carbocycles. The number of aromatic hydroxyl groups is 1. The molecule has 102 valence electrons. The van der Waals surface area contributed by atoms with Crippen molar-refractivity contribution < 1.29 is 10.3 Å². The molecule has 0 aromatic heterocycles. The lowest BCUT2D eigenvalue weighted by molar-refractivity contribution is 0.318. The molecule has 2 N–H and O–H groups in total. The minimum Gasteiger partial charge on any atom is -0.507 e. The highest BCUT2D eigenvalue weighted by Crippen LogP contribution is 2.45. The third kappa shape index (κ3) is 1.78. The molecule has 0 amide bonds. The average molecular weight is 267 g/mol. The maximum atomic E-state index is 10.3. The quantitative estimate of drug-likeness (QED) is 0.611. The zero-order valence-electron chi connectivity index (χ0n) is 11.6. The van der Waals surface area contributed by atoms with Crippen molar-refractivity contribution in [1.82, 2.24) is 0 Å². The standard InChI is InChI=1S/C17H17NO2/c1-10-8-11(2)17(19)16-14(18-20)9-13(15(10)16)12-6-4-3-5-7-12/h3-8,13,19-20H,9H2,1-2H3. The SMILES string of the molecule is Cc1cc(C)c2c(c1O)C(=NO)CC2c1ccccc1. The van der Waals surface area contributed by atoms with Crippen LogP contribution in [-0.2, 0) is 0 Å². The fraction of sp³-hybridized carbons (Fsp3) is 0.235. The molecule has 2 aromatic carbocycles. The van der Waals surface area contributed by atoms with Crippen LogP contribution in [0.15, 0.2) is 41.6 Å². The Morgan fingerprint density at radius 3 is 2.45 bits per heavy atom. The largest absolute Gasteiger partial charge is 0.507 e. The van der Waals surface area contributed by atoms with E-state index in [4.69, 9.17) is 0 Å². The van der Waals surface area contributed by atoms with Gasteiger partial charge < -0.3 is 10.3 Å². The second-order valence-electron chi connectivity index (χ2n) is 5.36. The lowest BCUT2D eigenvalue weighted by atomic mass is 9.89. The van der Waals surface area contributed by atoms with Crippen molar-refractivity contribution in [1.29, 1.82) is 0 Å². The van der Waals surface area contributed by atoms with Gasteiger partial charge in [0.25, 0.3) is 0 Å². The van der Waals surface area contributed by atoms with E-state index in [1.165, 1.54) is 5.56 Å². The fourth-order valence-electron chi connectivity index (χ4n) is 3.19. The van der Waals surface area contributed by atoms with E-state index in [1.807, 2.05) is 38.1 Å². The second-order valence-corrected chi connectivity index (χ2v) is 5.36. The first-order chi connectivity index (χ1) is 9.63. The number of rotatable bonds is 1. The summed E-state index contributed by atoms with van der Waals surface area (Å²) >= 11 is 0. The summed E-state index contributed by atoms with van der Waals surface area (Å²) in [7, 11) is 0. The zero-order valence-corrected chi connectivity index (χ0v) is 11.6. The van der Waals surface area contributed by atoms with Crippen molar-refractivity contribution in [2.24, 2.45) is 5.16 Å². The lowest BCUT2D eigenvalue weighted by Crippen LogP contribution is -1.99. The zero-order chi connectivity index (χ0) is 14.3. The number of phenols is 1. The van der Waals surface area contributed by atoms with Gasteiger partial charge in [-0.3, -0.25) is 0 Å². The molecule has 20 heavy (non-hydrogen) atoms. The van der Waals surface area contributed by atoms with E-state index in [1.54, 1.807) is 0 Å². The summed E-state index contributed by atoms with van der Waals surface area (Å²) in [6.07, 6.45) is 0.619. The fourth-order valence-corrected chi connectivity index (χ4v) is 3.19. The van der Waals surface area contributed by atoms with E-state index < -0.39 is 0 Å². The van der Waals surface area contributed by atoms with Crippen molar-refractivity contribution in [2.75, 3.05) is 0 Å². The molecule has 3 heteroatoms. The normalized spacial score (nSPS) is 19.3. The van der Waals surface area contributed by atoms with Gasteiger partial charge >= 0.3 is 0 Å². The summed E-state index contributed by atoms with van der Waals surface area (Å²) in [5.74, 6) is 0.375. The van der Waals surface area contributed by atoms with Crippen molar-refractivity contribution in [3.8, 4) is 5.75 Å². The van der Waals surface area contributed by atoms with E-state index >= 15 is 0 Å². The molecule has 1 atom stereocenters. The van der Waals surface area contributed by atoms with Crippen LogP contribution in [0, 0.1) is 13.8 Å². The van der Waals surface area contributed by atoms with Crippen LogP contribution in [0.1, 0.15) is 40.2 Å². The third-order valence-corrected chi connectivity index (χ3v) is 4.09. The Morgan fingerprint density at radius 1 is 1.10 bits per heavy atom. The van der Waals surface area contributed by atoms with Crippen molar-refractivity contribution >= 4 is 5.71 Å². The van der Waals surface area contributed by atoms with Gasteiger partial charge in [0.15, 0.2) is 0 Å². The average Bonchev–Trinajstić information content (AvgIpc) is 2.86. The number of hydrogen-bond donors (Lipinski definition) is 2. The molecule has 0 radical (unpaired) electrons. The minimum absolute atomic E-state index is 0.142. The molecule has 0 aliphatic heterocycles. The first-order valence-electron chi connectivity index (χ1n) is 6.72. The van der Waals surface area contributed by atoms with E-state index in [-0.39, 0.29) is 11.7 Å². The van der Waals surface area contributed by atoms with Crippen LogP contribution in [0.2, 0.25) is 0 Å². The Kier molecular flexibility index (Phi) is 2.97. The molecular weight excluding hydrogens is 250 g/mol. The summed E-state index contributed by atoms with van der Waals surface area (Å²) in [5, 5.41) is 23.0. The van der Waals surface area contributed by atoms with E-state index in [9.17, 15) is 10.3 Å². The molecule has 1 aliphatic rings. The lowest BCUT2D eigenvalue weighted by Gasteiger charge is -2.15. The molecule has 3 rings (SSSR count). The number of nitrogens with zero attached hydrogens (tertiary/aromatic N) is 1. The van der Waals surface area contributed by atoms with Gasteiger partial charge in [0.1, 0.15) is 5.75 Å². The summed E-state index contributed by atoms with van der Waals surface area (Å²) in [5.41, 5.74) is 5.47. The summed E-state index contributed by atoms with van der Waals surface area (Å²) < 4.78 is 0. The van der Waals surface area contributed by atoms with Gasteiger partial charge in [0, 0.05) is 17.9 Å². The van der Waals surface area contributed by atoms with Crippen molar-refractivity contribution in [2.45, 2.75) is 26.2 Å². The first-order valence-corrected chi connectivity index (χ1v) is 6.72. The molecule has 3 nitrogen and oxygen atoms in total. The Labute approximate surface area is 118 Å². The van der Waals surface area contributed by atoms with Crippen molar-refractivity contribution in [3.05, 3.63) is 64.2 Å². The number of oxime groups is 1. The molecule has 0 heterocycles. The van der Waals surface area contributed by atoms with Crippen LogP contribution in [0.5, 0.6) is 5.75 Å². The second kappa shape index (κ2) is 4.67. The van der Waals surface area contributed by atoms with Gasteiger partial charge in [-0.1, -0.05) is 41.6 Å². The van der Waals surface area contributed by atoms with E-state index in [0.717, 1.165) is 16.7 Å². The van der Waals surface area contributed by atoms with Gasteiger partial charge in [-0.15, -0.1) is 0 Å². The molecule has 0 bridgehead atoms. The molecular formula is C17H17NO2. The number of benzene rings is 2. The highest BCUT2D eigenvalue weighted by Gasteiger charge is 2.33. The number of phenolic OH excluding ortho intramolecular Hbond substituents is 1. The highest BCUT2D eigenvalue weighted by molar-refractivity contribution is 6.08. The topological polar surface area (TPSA) is 52.8 Å². The minimum atomic E-state index is 0.142. The van der Waals surface area contributed by atoms with Crippen LogP contribution in [0.25, 0.3) is 0 Å². The maximum Gasteiger partial charge on any atom is 0.127 e. The molecule has 0 spiro atoms. The van der Waals surface area contributed by atoms with Crippen LogP contribution < -0.4 is 0 Å². The first kappa shape index (κ1) is 12.7.